The van der Waals surface area contributed by atoms with Gasteiger partial charge in [0.2, 0.25) is 5.56 Å². The third-order valence-corrected chi connectivity index (χ3v) is 5.72. The first kappa shape index (κ1) is 23.2. The molecule has 2 aromatic rings. The molecule has 0 bridgehead atoms. The lowest BCUT2D eigenvalue weighted by Gasteiger charge is -2.38. The zero-order valence-corrected chi connectivity index (χ0v) is 18.0. The molecule has 2 aliphatic rings. The van der Waals surface area contributed by atoms with Gasteiger partial charge in [-0.3, -0.25) is 9.69 Å². The van der Waals surface area contributed by atoms with Crippen LogP contribution in [0.15, 0.2) is 58.7 Å². The van der Waals surface area contributed by atoms with Gasteiger partial charge in [0.1, 0.15) is 24.2 Å². The van der Waals surface area contributed by atoms with E-state index in [0.717, 1.165) is 42.8 Å². The number of halogens is 3. The molecule has 10 heteroatoms. The number of aromatic nitrogens is 1. The van der Waals surface area contributed by atoms with E-state index in [-0.39, 0.29) is 24.3 Å². The average Bonchev–Trinajstić information content (AvgIpc) is 2.78. The summed E-state index contributed by atoms with van der Waals surface area (Å²) in [6.07, 6.45) is -1.49. The van der Waals surface area contributed by atoms with Gasteiger partial charge in [-0.1, -0.05) is 0 Å². The summed E-state index contributed by atoms with van der Waals surface area (Å²) in [6, 6.07) is 8.51. The van der Waals surface area contributed by atoms with E-state index in [4.69, 9.17) is 4.74 Å². The van der Waals surface area contributed by atoms with Crippen LogP contribution in [0.4, 0.5) is 13.2 Å². The van der Waals surface area contributed by atoms with E-state index in [1.165, 1.54) is 12.1 Å². The number of fused-ring (bicyclic) bond motifs is 1. The van der Waals surface area contributed by atoms with Crippen molar-refractivity contribution >= 4 is 10.9 Å². The topological polar surface area (TPSA) is 78.0 Å². The number of pyridine rings is 1. The normalized spacial score (nSPS) is 18.6. The number of hydrogen-bond acceptors (Lipinski definition) is 6. The zero-order chi connectivity index (χ0) is 23.4. The molecule has 1 atom stereocenters. The lowest BCUT2D eigenvalue weighted by Crippen LogP contribution is -2.48. The molecule has 1 aliphatic heterocycles. The third-order valence-electron chi connectivity index (χ3n) is 5.72. The Balaban J connectivity index is 1.21. The minimum absolute atomic E-state index is 0.0623. The maximum atomic E-state index is 12.3. The molecule has 0 radical (unpaired) electrons. The summed E-state index contributed by atoms with van der Waals surface area (Å²) < 4.78 is 46.7. The molecule has 0 spiro atoms. The van der Waals surface area contributed by atoms with E-state index in [0.29, 0.717) is 18.7 Å². The summed E-state index contributed by atoms with van der Waals surface area (Å²) in [6.45, 7) is 3.59. The fraction of sp³-hybridized carbons (Fsp3) is 0.435. The number of ether oxygens (including phenoxy) is 2. The van der Waals surface area contributed by atoms with Crippen molar-refractivity contribution in [3.63, 3.8) is 0 Å². The molecule has 1 saturated heterocycles. The molecule has 0 amide bonds. The average molecular weight is 465 g/mol. The first-order valence-corrected chi connectivity index (χ1v) is 10.8. The highest BCUT2D eigenvalue weighted by molar-refractivity contribution is 5.79. The lowest BCUT2D eigenvalue weighted by molar-refractivity contribution is -0.306. The zero-order valence-electron chi connectivity index (χ0n) is 18.0. The van der Waals surface area contributed by atoms with Crippen LogP contribution in [-0.4, -0.2) is 71.7 Å². The van der Waals surface area contributed by atoms with Gasteiger partial charge in [0.05, 0.1) is 0 Å². The van der Waals surface area contributed by atoms with Gasteiger partial charge >= 0.3 is 6.36 Å². The number of nitrogens with one attached hydrogen (secondary N) is 1. The van der Waals surface area contributed by atoms with Crippen LogP contribution in [0.2, 0.25) is 0 Å². The molecule has 4 rings (SSSR count). The fourth-order valence-corrected chi connectivity index (χ4v) is 4.09. The van der Waals surface area contributed by atoms with Crippen molar-refractivity contribution in [1.29, 1.82) is 0 Å². The number of rotatable bonds is 7. The van der Waals surface area contributed by atoms with E-state index in [1.807, 2.05) is 6.07 Å². The molecule has 2 heterocycles. The van der Waals surface area contributed by atoms with Crippen molar-refractivity contribution < 1.29 is 27.8 Å². The minimum atomic E-state index is -4.65. The molecule has 2 N–H and O–H groups in total. The van der Waals surface area contributed by atoms with Gasteiger partial charge in [-0.15, -0.1) is 13.2 Å². The number of aliphatic hydroxyl groups excluding tert-OH is 1. The number of H-pyrrole nitrogens is 1. The summed E-state index contributed by atoms with van der Waals surface area (Å²) in [5.41, 5.74) is 1.56. The second kappa shape index (κ2) is 9.88. The van der Waals surface area contributed by atoms with Crippen molar-refractivity contribution in [2.45, 2.75) is 25.3 Å². The van der Waals surface area contributed by atoms with Crippen LogP contribution in [0, 0.1) is 0 Å². The van der Waals surface area contributed by atoms with Crippen molar-refractivity contribution in [2.24, 2.45) is 0 Å². The molecule has 7 nitrogen and oxygen atoms in total. The number of allylic oxidation sites excluding steroid dienone is 4. The summed E-state index contributed by atoms with van der Waals surface area (Å²) in [5.74, 6) is 0.553. The Hall–Kier alpha value is -2.98. The van der Waals surface area contributed by atoms with Gasteiger partial charge in [0.15, 0.2) is 0 Å². The Morgan fingerprint density at radius 2 is 1.85 bits per heavy atom. The number of hydrogen-bond donors (Lipinski definition) is 2. The highest BCUT2D eigenvalue weighted by atomic mass is 19.4. The van der Waals surface area contributed by atoms with Crippen molar-refractivity contribution in [2.75, 3.05) is 39.3 Å². The van der Waals surface area contributed by atoms with Crippen LogP contribution in [0.25, 0.3) is 10.9 Å². The van der Waals surface area contributed by atoms with Crippen LogP contribution in [-0.2, 0) is 4.74 Å². The highest BCUT2D eigenvalue weighted by Gasteiger charge is 2.32. The van der Waals surface area contributed by atoms with Gasteiger partial charge in [-0.2, -0.15) is 0 Å². The van der Waals surface area contributed by atoms with E-state index in [9.17, 15) is 23.1 Å². The molecule has 0 unspecified atom stereocenters. The van der Waals surface area contributed by atoms with Crippen LogP contribution in [0.1, 0.15) is 12.8 Å². The summed E-state index contributed by atoms with van der Waals surface area (Å²) >= 11 is 0. The Labute approximate surface area is 188 Å². The van der Waals surface area contributed by atoms with Crippen LogP contribution in [0.3, 0.4) is 0 Å². The van der Waals surface area contributed by atoms with Gasteiger partial charge in [0, 0.05) is 61.8 Å². The van der Waals surface area contributed by atoms with Crippen molar-refractivity contribution in [3.8, 4) is 5.75 Å². The molecular formula is C23H26F3N3O4. The summed E-state index contributed by atoms with van der Waals surface area (Å²) in [5, 5.41) is 11.2. The molecule has 0 saturated carbocycles. The van der Waals surface area contributed by atoms with Gasteiger partial charge in [-0.05, 0) is 42.8 Å². The third kappa shape index (κ3) is 6.52. The Morgan fingerprint density at radius 3 is 2.55 bits per heavy atom. The number of piperazine rings is 1. The first-order chi connectivity index (χ1) is 15.7. The molecule has 1 aliphatic carbocycles. The predicted molar refractivity (Wildman–Crippen MR) is 117 cm³/mol. The summed E-state index contributed by atoms with van der Waals surface area (Å²) in [4.78, 5) is 18.4. The number of nitrogens with zero attached hydrogens (tertiary/aromatic N) is 2. The fourth-order valence-electron chi connectivity index (χ4n) is 4.09. The maximum Gasteiger partial charge on any atom is 0.572 e. The number of alkyl halides is 3. The van der Waals surface area contributed by atoms with Crippen LogP contribution in [0.5, 0.6) is 5.75 Å². The monoisotopic (exact) mass is 465 g/mol. The second-order valence-electron chi connectivity index (χ2n) is 8.16. The number of aromatic amines is 1. The Bertz CT molecular complexity index is 1090. The second-order valence-corrected chi connectivity index (χ2v) is 8.16. The minimum Gasteiger partial charge on any atom is -0.491 e. The van der Waals surface area contributed by atoms with Gasteiger partial charge in [0.25, 0.3) is 0 Å². The first-order valence-electron chi connectivity index (χ1n) is 10.8. The lowest BCUT2D eigenvalue weighted by atomic mass is 10.1. The highest BCUT2D eigenvalue weighted by Crippen LogP contribution is 2.28. The van der Waals surface area contributed by atoms with E-state index >= 15 is 0 Å². The van der Waals surface area contributed by atoms with E-state index < -0.39 is 12.5 Å². The summed E-state index contributed by atoms with van der Waals surface area (Å²) in [7, 11) is 0. The quantitative estimate of drug-likeness (QED) is 0.655. The molecule has 1 aromatic carbocycles. The van der Waals surface area contributed by atoms with Crippen LogP contribution >= 0.6 is 0 Å². The predicted octanol–water partition coefficient (Wildman–Crippen LogP) is 2.98. The van der Waals surface area contributed by atoms with Crippen LogP contribution < -0.4 is 10.3 Å². The standard InChI is InChI=1S/C23H26F3N3O4/c24-23(25,26)33-19-4-2-17(3-5-19)29-11-9-28(10-12-29)14-18(30)15-32-20-6-7-21-16(13-20)1-8-22(31)27-21/h1-2,4,6-8,13,18,30H,3,5,9-12,14-15H2,(H,27,31)/t18-/m0/s1. The molecule has 33 heavy (non-hydrogen) atoms. The molecule has 1 fully saturated rings. The largest absolute Gasteiger partial charge is 0.572 e. The Morgan fingerprint density at radius 1 is 1.06 bits per heavy atom. The maximum absolute atomic E-state index is 12.3. The number of aliphatic hydroxyl groups is 1. The SMILES string of the molecule is O=c1ccc2cc(OC[C@@H](O)CN3CCN(C4=CC=C(OC(F)(F)F)CC4)CC3)ccc2[nH]1. The molecule has 178 valence electrons. The molecular weight excluding hydrogens is 439 g/mol. The van der Waals surface area contributed by atoms with E-state index in [1.54, 1.807) is 24.3 Å². The van der Waals surface area contributed by atoms with Gasteiger partial charge in [-0.25, -0.2) is 0 Å². The smallest absolute Gasteiger partial charge is 0.491 e. The van der Waals surface area contributed by atoms with Crippen molar-refractivity contribution in [3.05, 3.63) is 64.3 Å². The van der Waals surface area contributed by atoms with E-state index in [2.05, 4.69) is 19.5 Å². The molecule has 1 aromatic heterocycles. The van der Waals surface area contributed by atoms with Gasteiger partial charge < -0.3 is 24.5 Å². The Kier molecular flexibility index (Phi) is 6.94. The number of benzene rings is 1. The van der Waals surface area contributed by atoms with Crippen molar-refractivity contribution in [1.82, 2.24) is 14.8 Å². The number of β-amino-alcohol motifs (C(OH)–C–C–N with tert-alkyl or cyclic N) is 1.